The SMILES string of the molecule is O=C(O)[C@@H]1CCCN(C(=O)c2cnc(-c3ccccc3F)s2)C1. The van der Waals surface area contributed by atoms with Crippen LogP contribution in [0.2, 0.25) is 0 Å². The van der Waals surface area contributed by atoms with E-state index in [1.165, 1.54) is 12.3 Å². The number of benzene rings is 1. The summed E-state index contributed by atoms with van der Waals surface area (Å²) in [5.41, 5.74) is 0.360. The second-order valence-corrected chi connectivity index (χ2v) is 6.47. The molecule has 1 amide bonds. The third-order valence-electron chi connectivity index (χ3n) is 3.88. The zero-order chi connectivity index (χ0) is 16.4. The molecule has 1 aromatic heterocycles. The molecule has 0 spiro atoms. The first kappa shape index (κ1) is 15.6. The Morgan fingerprint density at radius 2 is 2.13 bits per heavy atom. The number of carbonyl (C=O) groups is 2. The fourth-order valence-corrected chi connectivity index (χ4v) is 3.56. The fraction of sp³-hybridized carbons (Fsp3) is 0.312. The summed E-state index contributed by atoms with van der Waals surface area (Å²) in [6.07, 6.45) is 2.68. The van der Waals surface area contributed by atoms with E-state index in [0.717, 1.165) is 11.3 Å². The number of piperidine rings is 1. The molecule has 1 atom stereocenters. The van der Waals surface area contributed by atoms with Crippen molar-refractivity contribution < 1.29 is 19.1 Å². The number of halogens is 1. The van der Waals surface area contributed by atoms with Crippen molar-refractivity contribution in [3.05, 3.63) is 41.2 Å². The fourth-order valence-electron chi connectivity index (χ4n) is 2.65. The lowest BCUT2D eigenvalue weighted by atomic mass is 9.98. The number of likely N-dealkylation sites (tertiary alicyclic amines) is 1. The minimum atomic E-state index is -0.876. The average molecular weight is 334 g/mol. The Balaban J connectivity index is 1.79. The van der Waals surface area contributed by atoms with E-state index in [2.05, 4.69) is 4.98 Å². The highest BCUT2D eigenvalue weighted by atomic mass is 32.1. The minimum Gasteiger partial charge on any atom is -0.481 e. The summed E-state index contributed by atoms with van der Waals surface area (Å²) in [6, 6.07) is 6.27. The molecule has 3 rings (SSSR count). The zero-order valence-corrected chi connectivity index (χ0v) is 13.1. The molecule has 0 saturated carbocycles. The Kier molecular flexibility index (Phi) is 4.38. The standard InChI is InChI=1S/C16H15FN2O3S/c17-12-6-2-1-5-11(12)14-18-8-13(23-14)15(20)19-7-3-4-10(9-19)16(21)22/h1-2,5-6,8,10H,3-4,7,9H2,(H,21,22)/t10-/m1/s1. The Labute approximate surface area is 136 Å². The van der Waals surface area contributed by atoms with Crippen molar-refractivity contribution in [2.45, 2.75) is 12.8 Å². The summed E-state index contributed by atoms with van der Waals surface area (Å²) in [4.78, 5) is 29.7. The molecule has 1 aliphatic heterocycles. The van der Waals surface area contributed by atoms with Gasteiger partial charge in [-0.1, -0.05) is 12.1 Å². The highest BCUT2D eigenvalue weighted by molar-refractivity contribution is 7.16. The lowest BCUT2D eigenvalue weighted by Gasteiger charge is -2.30. The number of aliphatic carboxylic acids is 1. The lowest BCUT2D eigenvalue weighted by Crippen LogP contribution is -2.42. The van der Waals surface area contributed by atoms with Crippen LogP contribution in [0.5, 0.6) is 0 Å². The van der Waals surface area contributed by atoms with Crippen molar-refractivity contribution in [3.8, 4) is 10.6 Å². The summed E-state index contributed by atoms with van der Waals surface area (Å²) in [5.74, 6) is -2.02. The smallest absolute Gasteiger partial charge is 0.308 e. The van der Waals surface area contributed by atoms with E-state index < -0.39 is 11.9 Å². The second-order valence-electron chi connectivity index (χ2n) is 5.44. The molecule has 5 nitrogen and oxygen atoms in total. The molecule has 0 radical (unpaired) electrons. The lowest BCUT2D eigenvalue weighted by molar-refractivity contribution is -0.143. The van der Waals surface area contributed by atoms with Crippen LogP contribution in [0.15, 0.2) is 30.5 Å². The van der Waals surface area contributed by atoms with Crippen molar-refractivity contribution in [2.24, 2.45) is 5.92 Å². The molecule has 7 heteroatoms. The van der Waals surface area contributed by atoms with Crippen molar-refractivity contribution in [3.63, 3.8) is 0 Å². The molecule has 120 valence electrons. The largest absolute Gasteiger partial charge is 0.481 e. The molecule has 0 aliphatic carbocycles. The summed E-state index contributed by atoms with van der Waals surface area (Å²) in [5, 5.41) is 9.55. The van der Waals surface area contributed by atoms with Crippen LogP contribution >= 0.6 is 11.3 Å². The molecular formula is C16H15FN2O3S. The third-order valence-corrected chi connectivity index (χ3v) is 4.90. The molecular weight excluding hydrogens is 319 g/mol. The quantitative estimate of drug-likeness (QED) is 0.937. The summed E-state index contributed by atoms with van der Waals surface area (Å²) in [6.45, 7) is 0.747. The Morgan fingerprint density at radius 3 is 2.87 bits per heavy atom. The average Bonchev–Trinajstić information content (AvgIpc) is 3.04. The number of carboxylic acids is 1. The van der Waals surface area contributed by atoms with Crippen LogP contribution in [0.3, 0.4) is 0 Å². The van der Waals surface area contributed by atoms with Crippen molar-refractivity contribution >= 4 is 23.2 Å². The van der Waals surface area contributed by atoms with Gasteiger partial charge in [-0.25, -0.2) is 9.37 Å². The van der Waals surface area contributed by atoms with E-state index in [4.69, 9.17) is 5.11 Å². The summed E-state index contributed by atoms with van der Waals surface area (Å²) >= 11 is 1.12. The van der Waals surface area contributed by atoms with Crippen LogP contribution < -0.4 is 0 Å². The maximum atomic E-state index is 13.8. The highest BCUT2D eigenvalue weighted by Gasteiger charge is 2.29. The van der Waals surface area contributed by atoms with Gasteiger partial charge in [-0.3, -0.25) is 9.59 Å². The van der Waals surface area contributed by atoms with Crippen molar-refractivity contribution in [1.82, 2.24) is 9.88 Å². The predicted molar refractivity (Wildman–Crippen MR) is 83.8 cm³/mol. The van der Waals surface area contributed by atoms with Gasteiger partial charge < -0.3 is 10.0 Å². The molecule has 1 fully saturated rings. The Bertz CT molecular complexity index is 746. The number of thiazole rings is 1. The molecule has 2 heterocycles. The second kappa shape index (κ2) is 6.45. The van der Waals surface area contributed by atoms with Gasteiger partial charge in [-0.2, -0.15) is 0 Å². The van der Waals surface area contributed by atoms with E-state index >= 15 is 0 Å². The van der Waals surface area contributed by atoms with Gasteiger partial charge in [-0.05, 0) is 25.0 Å². The molecule has 0 bridgehead atoms. The Morgan fingerprint density at radius 1 is 1.35 bits per heavy atom. The number of hydrogen-bond acceptors (Lipinski definition) is 4. The summed E-state index contributed by atoms with van der Waals surface area (Å²) < 4.78 is 13.8. The predicted octanol–water partition coefficient (Wildman–Crippen LogP) is 2.89. The number of amides is 1. The van der Waals surface area contributed by atoms with Crippen molar-refractivity contribution in [1.29, 1.82) is 0 Å². The van der Waals surface area contributed by atoms with Gasteiger partial charge in [0, 0.05) is 18.7 Å². The van der Waals surface area contributed by atoms with Gasteiger partial charge in [0.05, 0.1) is 12.1 Å². The maximum absolute atomic E-state index is 13.8. The van der Waals surface area contributed by atoms with Crippen LogP contribution in [-0.2, 0) is 4.79 Å². The molecule has 23 heavy (non-hydrogen) atoms. The number of aromatic nitrogens is 1. The topological polar surface area (TPSA) is 70.5 Å². The monoisotopic (exact) mass is 334 g/mol. The molecule has 1 saturated heterocycles. The van der Waals surface area contributed by atoms with Gasteiger partial charge in [0.2, 0.25) is 0 Å². The first-order valence-corrected chi connectivity index (χ1v) is 8.10. The first-order valence-electron chi connectivity index (χ1n) is 7.29. The number of rotatable bonds is 3. The van der Waals surface area contributed by atoms with Crippen LogP contribution in [0.25, 0.3) is 10.6 Å². The van der Waals surface area contributed by atoms with Crippen LogP contribution in [0, 0.1) is 11.7 Å². The van der Waals surface area contributed by atoms with E-state index in [1.54, 1.807) is 23.1 Å². The Hall–Kier alpha value is -2.28. The molecule has 1 aromatic carbocycles. The van der Waals surface area contributed by atoms with Gasteiger partial charge in [0.1, 0.15) is 15.7 Å². The molecule has 2 aromatic rings. The summed E-state index contributed by atoms with van der Waals surface area (Å²) in [7, 11) is 0. The zero-order valence-electron chi connectivity index (χ0n) is 12.2. The number of carboxylic acid groups (broad SMARTS) is 1. The molecule has 0 unspecified atom stereocenters. The van der Waals surface area contributed by atoms with E-state index in [-0.39, 0.29) is 18.3 Å². The number of nitrogens with zero attached hydrogens (tertiary/aromatic N) is 2. The number of carbonyl (C=O) groups excluding carboxylic acids is 1. The highest BCUT2D eigenvalue weighted by Crippen LogP contribution is 2.29. The third kappa shape index (κ3) is 3.24. The first-order chi connectivity index (χ1) is 11.1. The molecule has 1 N–H and O–H groups in total. The van der Waals surface area contributed by atoms with Crippen LogP contribution in [0.4, 0.5) is 4.39 Å². The van der Waals surface area contributed by atoms with Crippen molar-refractivity contribution in [2.75, 3.05) is 13.1 Å². The normalized spacial score (nSPS) is 18.0. The molecule has 1 aliphatic rings. The van der Waals surface area contributed by atoms with E-state index in [9.17, 15) is 14.0 Å². The van der Waals surface area contributed by atoms with E-state index in [0.29, 0.717) is 34.8 Å². The maximum Gasteiger partial charge on any atom is 0.308 e. The van der Waals surface area contributed by atoms with Crippen LogP contribution in [-0.4, -0.2) is 40.0 Å². The van der Waals surface area contributed by atoms with Gasteiger partial charge in [0.15, 0.2) is 0 Å². The number of hydrogen-bond donors (Lipinski definition) is 1. The minimum absolute atomic E-state index is 0.209. The van der Waals surface area contributed by atoms with Gasteiger partial charge >= 0.3 is 5.97 Å². The van der Waals surface area contributed by atoms with Gasteiger partial charge in [-0.15, -0.1) is 11.3 Å². The van der Waals surface area contributed by atoms with Crippen LogP contribution in [0.1, 0.15) is 22.5 Å². The van der Waals surface area contributed by atoms with Gasteiger partial charge in [0.25, 0.3) is 5.91 Å². The van der Waals surface area contributed by atoms with E-state index in [1.807, 2.05) is 0 Å².